The highest BCUT2D eigenvalue weighted by atomic mass is 32.2. The van der Waals surface area contributed by atoms with Gasteiger partial charge in [0.15, 0.2) is 0 Å². The van der Waals surface area contributed by atoms with Crippen molar-refractivity contribution >= 4 is 40.5 Å². The summed E-state index contributed by atoms with van der Waals surface area (Å²) in [4.78, 5) is 26.0. The largest absolute Gasteiger partial charge is 0.287 e. The molecule has 1 amide bonds. The summed E-state index contributed by atoms with van der Waals surface area (Å²) in [5.74, 6) is 0.386. The van der Waals surface area contributed by atoms with Crippen LogP contribution in [0, 0.1) is 0 Å². The second kappa shape index (κ2) is 4.33. The molecule has 0 aromatic heterocycles. The number of benzene rings is 1. The summed E-state index contributed by atoms with van der Waals surface area (Å²) in [6.07, 6.45) is 1.80. The zero-order valence-electron chi connectivity index (χ0n) is 9.33. The highest BCUT2D eigenvalue weighted by molar-refractivity contribution is 8.02. The van der Waals surface area contributed by atoms with Gasteiger partial charge in [0.1, 0.15) is 10.2 Å². The Morgan fingerprint density at radius 2 is 2.06 bits per heavy atom. The molecule has 0 N–H and O–H groups in total. The van der Waals surface area contributed by atoms with Crippen molar-refractivity contribution in [3.05, 3.63) is 47.7 Å². The fourth-order valence-electron chi connectivity index (χ4n) is 2.02. The van der Waals surface area contributed by atoms with E-state index in [1.807, 2.05) is 18.2 Å². The molecule has 2 aliphatic rings. The lowest BCUT2D eigenvalue weighted by Gasteiger charge is -2.43. The summed E-state index contributed by atoms with van der Waals surface area (Å²) < 4.78 is 0. The van der Waals surface area contributed by atoms with Crippen molar-refractivity contribution in [1.82, 2.24) is 4.90 Å². The predicted molar refractivity (Wildman–Crippen MR) is 74.5 cm³/mol. The van der Waals surface area contributed by atoms with Gasteiger partial charge in [-0.1, -0.05) is 42.5 Å². The third-order valence-corrected chi connectivity index (χ3v) is 4.62. The zero-order valence-corrected chi connectivity index (χ0v) is 11.0. The molecule has 2 aliphatic heterocycles. The van der Waals surface area contributed by atoms with Crippen molar-refractivity contribution in [2.45, 2.75) is 5.37 Å². The van der Waals surface area contributed by atoms with Crippen LogP contribution >= 0.6 is 24.0 Å². The second-order valence-corrected chi connectivity index (χ2v) is 5.56. The first-order chi connectivity index (χ1) is 8.70. The molecule has 3 rings (SSSR count). The molecular formula is C13H9NO2S2. The Hall–Kier alpha value is -1.46. The van der Waals surface area contributed by atoms with Gasteiger partial charge in [0.05, 0.1) is 5.70 Å². The Kier molecular flexibility index (Phi) is 2.80. The van der Waals surface area contributed by atoms with E-state index < -0.39 is 0 Å². The van der Waals surface area contributed by atoms with E-state index in [-0.39, 0.29) is 17.1 Å². The van der Waals surface area contributed by atoms with Crippen LogP contribution in [0.25, 0.3) is 0 Å². The van der Waals surface area contributed by atoms with Crippen LogP contribution in [0.1, 0.15) is 10.4 Å². The van der Waals surface area contributed by atoms with Gasteiger partial charge in [-0.15, -0.1) is 11.8 Å². The van der Waals surface area contributed by atoms with Gasteiger partial charge >= 0.3 is 0 Å². The molecule has 1 atom stereocenters. The monoisotopic (exact) mass is 275 g/mol. The highest BCUT2D eigenvalue weighted by Crippen LogP contribution is 2.36. The fourth-order valence-corrected chi connectivity index (χ4v) is 3.48. The van der Waals surface area contributed by atoms with Gasteiger partial charge < -0.3 is 0 Å². The number of carbonyl (C=O) groups is 2. The summed E-state index contributed by atoms with van der Waals surface area (Å²) in [6, 6.07) is 8.98. The number of rotatable bonds is 2. The van der Waals surface area contributed by atoms with E-state index in [4.69, 9.17) is 12.2 Å². The summed E-state index contributed by atoms with van der Waals surface area (Å²) >= 11 is 6.59. The molecule has 90 valence electrons. The van der Waals surface area contributed by atoms with Crippen LogP contribution in [0.15, 0.2) is 42.1 Å². The summed E-state index contributed by atoms with van der Waals surface area (Å²) in [7, 11) is 0. The number of β-lactam (4-membered cyclic amide) rings is 1. The Labute approximate surface area is 114 Å². The molecule has 0 spiro atoms. The molecule has 18 heavy (non-hydrogen) atoms. The molecule has 3 nitrogen and oxygen atoms in total. The quantitative estimate of drug-likeness (QED) is 0.470. The molecule has 2 heterocycles. The molecule has 5 heteroatoms. The maximum atomic E-state index is 12.3. The number of carbonyl (C=O) groups excluding carboxylic acids is 2. The molecule has 1 fully saturated rings. The molecule has 0 saturated carbocycles. The second-order valence-electron chi connectivity index (χ2n) is 4.01. The number of hydrogen-bond donors (Lipinski definition) is 0. The third-order valence-electron chi connectivity index (χ3n) is 2.95. The van der Waals surface area contributed by atoms with Gasteiger partial charge in [0, 0.05) is 11.3 Å². The van der Waals surface area contributed by atoms with Crippen LogP contribution in [-0.2, 0) is 4.79 Å². The SMILES string of the molecule is O=C(C1=CCS[C@H]2C(=S)C(=O)N12)c1ccccc1. The Morgan fingerprint density at radius 1 is 1.33 bits per heavy atom. The number of Topliss-reactive ketones (excluding diaryl/α,β-unsaturated/α-hetero) is 1. The molecule has 0 aliphatic carbocycles. The number of thiocarbonyl (C=S) groups is 1. The van der Waals surface area contributed by atoms with Crippen molar-refractivity contribution in [3.63, 3.8) is 0 Å². The molecule has 1 aromatic carbocycles. The first kappa shape index (κ1) is 11.6. The standard InChI is InChI=1S/C13H9NO2S2/c15-10(8-4-2-1-3-5-8)9-6-7-18-13-11(17)12(16)14(9)13/h1-6,13H,7H2/t13-/m0/s1. The zero-order chi connectivity index (χ0) is 12.7. The summed E-state index contributed by atoms with van der Waals surface area (Å²) in [6.45, 7) is 0. The number of thioether (sulfide) groups is 1. The highest BCUT2D eigenvalue weighted by Gasteiger charge is 2.47. The summed E-state index contributed by atoms with van der Waals surface area (Å²) in [5.41, 5.74) is 1.06. The minimum Gasteiger partial charge on any atom is -0.287 e. The van der Waals surface area contributed by atoms with Crippen LogP contribution in [0.5, 0.6) is 0 Å². The number of nitrogens with zero attached hydrogens (tertiary/aromatic N) is 1. The molecule has 0 bridgehead atoms. The van der Waals surface area contributed by atoms with Crippen LogP contribution in [0.3, 0.4) is 0 Å². The van der Waals surface area contributed by atoms with Crippen molar-refractivity contribution in [3.8, 4) is 0 Å². The summed E-state index contributed by atoms with van der Waals surface area (Å²) in [5, 5.41) is -0.125. The lowest BCUT2D eigenvalue weighted by Crippen LogP contribution is -2.60. The Morgan fingerprint density at radius 3 is 2.78 bits per heavy atom. The minimum atomic E-state index is -0.210. The van der Waals surface area contributed by atoms with Crippen molar-refractivity contribution in [2.24, 2.45) is 0 Å². The topological polar surface area (TPSA) is 37.4 Å². The van der Waals surface area contributed by atoms with Crippen LogP contribution in [0.2, 0.25) is 0 Å². The van der Waals surface area contributed by atoms with E-state index in [1.165, 1.54) is 4.90 Å². The number of allylic oxidation sites excluding steroid dienone is 1. The third kappa shape index (κ3) is 1.62. The van der Waals surface area contributed by atoms with E-state index in [9.17, 15) is 9.59 Å². The van der Waals surface area contributed by atoms with Crippen LogP contribution in [-0.4, -0.2) is 32.6 Å². The van der Waals surface area contributed by atoms with Crippen LogP contribution in [0.4, 0.5) is 0 Å². The smallest absolute Gasteiger partial charge is 0.269 e. The molecule has 1 saturated heterocycles. The molecule has 0 radical (unpaired) electrons. The number of amides is 1. The maximum Gasteiger partial charge on any atom is 0.269 e. The van der Waals surface area contributed by atoms with E-state index in [1.54, 1.807) is 30.0 Å². The number of hydrogen-bond acceptors (Lipinski definition) is 4. The maximum absolute atomic E-state index is 12.3. The number of ketones is 1. The van der Waals surface area contributed by atoms with Crippen molar-refractivity contribution in [2.75, 3.05) is 5.75 Å². The van der Waals surface area contributed by atoms with Gasteiger partial charge in [0.2, 0.25) is 5.78 Å². The first-order valence-corrected chi connectivity index (χ1v) is 6.95. The lowest BCUT2D eigenvalue weighted by molar-refractivity contribution is -0.125. The van der Waals surface area contributed by atoms with E-state index in [0.717, 1.165) is 0 Å². The average molecular weight is 275 g/mol. The van der Waals surface area contributed by atoms with Gasteiger partial charge in [-0.05, 0) is 6.08 Å². The van der Waals surface area contributed by atoms with E-state index in [0.29, 0.717) is 21.9 Å². The fraction of sp³-hybridized carbons (Fsp3) is 0.154. The Balaban J connectivity index is 1.93. The van der Waals surface area contributed by atoms with Crippen molar-refractivity contribution in [1.29, 1.82) is 0 Å². The van der Waals surface area contributed by atoms with Gasteiger partial charge in [-0.2, -0.15) is 0 Å². The Bertz CT molecular complexity index is 580. The van der Waals surface area contributed by atoms with Crippen molar-refractivity contribution < 1.29 is 9.59 Å². The predicted octanol–water partition coefficient (Wildman–Crippen LogP) is 2.04. The van der Waals surface area contributed by atoms with Crippen LogP contribution < -0.4 is 0 Å². The lowest BCUT2D eigenvalue weighted by atomic mass is 10.0. The first-order valence-electron chi connectivity index (χ1n) is 5.49. The van der Waals surface area contributed by atoms with Gasteiger partial charge in [0.25, 0.3) is 5.91 Å². The van der Waals surface area contributed by atoms with Gasteiger partial charge in [-0.3, -0.25) is 14.5 Å². The normalized spacial score (nSPS) is 22.1. The minimum absolute atomic E-state index is 0.114. The number of fused-ring (bicyclic) bond motifs is 1. The molecule has 0 unspecified atom stereocenters. The van der Waals surface area contributed by atoms with E-state index in [2.05, 4.69) is 0 Å². The average Bonchev–Trinajstić information content (AvgIpc) is 2.45. The van der Waals surface area contributed by atoms with E-state index >= 15 is 0 Å². The molecular weight excluding hydrogens is 266 g/mol. The molecule has 1 aromatic rings. The van der Waals surface area contributed by atoms with Gasteiger partial charge in [-0.25, -0.2) is 0 Å².